The Labute approximate surface area is 119 Å². The van der Waals surface area contributed by atoms with Crippen LogP contribution in [0.15, 0.2) is 18.2 Å². The average molecular weight is 279 g/mol. The smallest absolute Gasteiger partial charge is 0.310 e. The highest BCUT2D eigenvalue weighted by Crippen LogP contribution is 2.35. The molecule has 1 aromatic carbocycles. The quantitative estimate of drug-likeness (QED) is 0.383. The summed E-state index contributed by atoms with van der Waals surface area (Å²) in [5.41, 5.74) is 0.667. The van der Waals surface area contributed by atoms with Crippen molar-refractivity contribution in [3.63, 3.8) is 0 Å². The predicted molar refractivity (Wildman–Crippen MR) is 75.8 cm³/mol. The summed E-state index contributed by atoms with van der Waals surface area (Å²) in [6.45, 7) is 7.91. The first-order chi connectivity index (χ1) is 9.32. The van der Waals surface area contributed by atoms with Crippen molar-refractivity contribution >= 4 is 12.0 Å². The number of carbonyl (C=O) groups excluding carboxylic acids is 2. The molecule has 5 nitrogen and oxygen atoms in total. The third-order valence-electron chi connectivity index (χ3n) is 3.10. The lowest BCUT2D eigenvalue weighted by Gasteiger charge is -2.24. The number of hydrogen-bond donors (Lipinski definition) is 2. The van der Waals surface area contributed by atoms with Gasteiger partial charge >= 0.3 is 5.97 Å². The monoisotopic (exact) mass is 279 g/mol. The number of isocyanates is 1. The number of nitrogens with one attached hydrogen (secondary N) is 1. The van der Waals surface area contributed by atoms with Gasteiger partial charge in [0.2, 0.25) is 6.08 Å². The molecule has 0 amide bonds. The highest BCUT2D eigenvalue weighted by atomic mass is 16.5. The van der Waals surface area contributed by atoms with E-state index in [1.807, 2.05) is 13.8 Å². The predicted octanol–water partition coefficient (Wildman–Crippen LogP) is 3.30. The minimum absolute atomic E-state index is 0.140. The van der Waals surface area contributed by atoms with E-state index in [9.17, 15) is 9.90 Å². The molecule has 0 aromatic heterocycles. The third kappa shape index (κ3) is 5.24. The van der Waals surface area contributed by atoms with Crippen molar-refractivity contribution in [2.75, 3.05) is 0 Å². The van der Waals surface area contributed by atoms with Crippen molar-refractivity contribution < 1.29 is 19.4 Å². The summed E-state index contributed by atoms with van der Waals surface area (Å²) >= 11 is 0. The Morgan fingerprint density at radius 1 is 1.40 bits per heavy atom. The highest BCUT2D eigenvalue weighted by Gasteiger charge is 2.22. The molecule has 110 valence electrons. The molecule has 0 unspecified atom stereocenters. The fourth-order valence-electron chi connectivity index (χ4n) is 1.51. The van der Waals surface area contributed by atoms with Crippen LogP contribution in [-0.2, 0) is 15.0 Å². The second-order valence-electron chi connectivity index (χ2n) is 4.85. The molecule has 0 saturated carbocycles. The first-order valence-electron chi connectivity index (χ1n) is 6.40. The summed E-state index contributed by atoms with van der Waals surface area (Å²) < 4.78 is 5.15. The molecule has 1 rings (SSSR count). The largest absolute Gasteiger partial charge is 0.508 e. The zero-order chi connectivity index (χ0) is 15.8. The topological polar surface area (TPSA) is 87.4 Å². The van der Waals surface area contributed by atoms with Gasteiger partial charge in [-0.1, -0.05) is 27.7 Å². The van der Waals surface area contributed by atoms with Crippen LogP contribution in [0.25, 0.3) is 0 Å². The van der Waals surface area contributed by atoms with Crippen LogP contribution in [0.3, 0.4) is 0 Å². The summed E-state index contributed by atoms with van der Waals surface area (Å²) in [7, 11) is 0. The number of hydrogen-bond acceptors (Lipinski definition) is 5. The van der Waals surface area contributed by atoms with E-state index in [1.54, 1.807) is 25.1 Å². The van der Waals surface area contributed by atoms with Gasteiger partial charge in [0.25, 0.3) is 0 Å². The van der Waals surface area contributed by atoms with E-state index in [4.69, 9.17) is 14.9 Å². The fraction of sp³-hybridized carbons (Fsp3) is 0.467. The molecule has 0 bridgehead atoms. The molecule has 0 spiro atoms. The van der Waals surface area contributed by atoms with Crippen molar-refractivity contribution in [2.24, 2.45) is 0 Å². The Hall–Kier alpha value is -2.13. The summed E-state index contributed by atoms with van der Waals surface area (Å²) in [4.78, 5) is 19.6. The van der Waals surface area contributed by atoms with E-state index >= 15 is 0 Å². The molecule has 0 aliphatic rings. The second kappa shape index (κ2) is 8.12. The van der Waals surface area contributed by atoms with Crippen molar-refractivity contribution in [3.8, 4) is 11.5 Å². The number of esters is 1. The maximum absolute atomic E-state index is 11.2. The van der Waals surface area contributed by atoms with Crippen molar-refractivity contribution in [3.05, 3.63) is 23.8 Å². The van der Waals surface area contributed by atoms with Gasteiger partial charge in [0, 0.05) is 12.0 Å². The number of carbonyl (C=O) groups is 1. The number of aromatic hydroxyl groups is 1. The molecule has 1 aromatic rings. The van der Waals surface area contributed by atoms with Crippen LogP contribution in [0.4, 0.5) is 0 Å². The number of benzene rings is 1. The lowest BCUT2D eigenvalue weighted by Crippen LogP contribution is -2.16. The molecule has 0 saturated heterocycles. The zero-order valence-electron chi connectivity index (χ0n) is 12.3. The van der Waals surface area contributed by atoms with E-state index in [2.05, 4.69) is 6.92 Å². The Bertz CT molecular complexity index is 489. The van der Waals surface area contributed by atoms with Gasteiger partial charge in [-0.25, -0.2) is 10.2 Å². The van der Waals surface area contributed by atoms with Crippen LogP contribution in [0.1, 0.15) is 46.1 Å². The lowest BCUT2D eigenvalue weighted by molar-refractivity contribution is -0.134. The second-order valence-corrected chi connectivity index (χ2v) is 4.85. The molecule has 0 heterocycles. The third-order valence-corrected chi connectivity index (χ3v) is 3.10. The van der Waals surface area contributed by atoms with Crippen LogP contribution in [0.5, 0.6) is 11.5 Å². The Balaban J connectivity index is 0.00000110. The van der Waals surface area contributed by atoms with Gasteiger partial charge in [-0.2, -0.15) is 0 Å². The number of phenolic OH excluding ortho intramolecular Hbond substituents is 1. The summed E-state index contributed by atoms with van der Waals surface area (Å²) in [5.74, 6) is 0.468. The molecule has 0 aliphatic heterocycles. The zero-order valence-corrected chi connectivity index (χ0v) is 12.3. The van der Waals surface area contributed by atoms with Crippen LogP contribution >= 0.6 is 0 Å². The normalized spacial score (nSPS) is 10.0. The Morgan fingerprint density at radius 3 is 2.40 bits per heavy atom. The molecule has 0 fully saturated rings. The average Bonchev–Trinajstić information content (AvgIpc) is 2.41. The molecule has 0 atom stereocenters. The van der Waals surface area contributed by atoms with Crippen LogP contribution < -0.4 is 4.74 Å². The molecule has 0 aliphatic carbocycles. The van der Waals surface area contributed by atoms with E-state index in [0.29, 0.717) is 12.2 Å². The van der Waals surface area contributed by atoms with E-state index < -0.39 is 0 Å². The van der Waals surface area contributed by atoms with Crippen molar-refractivity contribution in [2.45, 2.75) is 46.0 Å². The fourth-order valence-corrected chi connectivity index (χ4v) is 1.51. The molecular formula is C15H21NO4. The summed E-state index contributed by atoms with van der Waals surface area (Å²) in [6.07, 6.45) is 1.99. The standard InChI is InChI=1S/C14H20O3.CHNO/c1-5-13(16)17-10-7-8-12(15)11(9-10)14(3,4)6-2;2-1-3/h7-9,15H,5-6H2,1-4H3;2H. The van der Waals surface area contributed by atoms with E-state index in [1.165, 1.54) is 0 Å². The summed E-state index contributed by atoms with van der Waals surface area (Å²) in [5, 5.41) is 15.3. The molecule has 20 heavy (non-hydrogen) atoms. The summed E-state index contributed by atoms with van der Waals surface area (Å²) in [6, 6.07) is 4.93. The minimum Gasteiger partial charge on any atom is -0.508 e. The molecular weight excluding hydrogens is 258 g/mol. The first kappa shape index (κ1) is 17.9. The van der Waals surface area contributed by atoms with Gasteiger partial charge in [0.1, 0.15) is 11.5 Å². The highest BCUT2D eigenvalue weighted by molar-refractivity contribution is 5.72. The van der Waals surface area contributed by atoms with Gasteiger partial charge < -0.3 is 9.84 Å². The first-order valence-corrected chi connectivity index (χ1v) is 6.40. The van der Waals surface area contributed by atoms with E-state index in [0.717, 1.165) is 18.1 Å². The lowest BCUT2D eigenvalue weighted by atomic mass is 9.81. The van der Waals surface area contributed by atoms with Gasteiger partial charge in [0.15, 0.2) is 0 Å². The number of rotatable bonds is 4. The Kier molecular flexibility index (Phi) is 7.26. The van der Waals surface area contributed by atoms with Crippen LogP contribution in [0, 0.1) is 5.41 Å². The van der Waals surface area contributed by atoms with Crippen LogP contribution in [0.2, 0.25) is 0 Å². The molecule has 0 radical (unpaired) electrons. The van der Waals surface area contributed by atoms with Gasteiger partial charge in [-0.15, -0.1) is 0 Å². The van der Waals surface area contributed by atoms with Crippen molar-refractivity contribution in [1.29, 1.82) is 5.41 Å². The SMILES string of the molecule is CCC(=O)Oc1ccc(O)c(C(C)(C)CC)c1.N=C=O. The van der Waals surface area contributed by atoms with Gasteiger partial charge in [-0.05, 0) is 30.0 Å². The van der Waals surface area contributed by atoms with Crippen molar-refractivity contribution in [1.82, 2.24) is 0 Å². The maximum Gasteiger partial charge on any atom is 0.310 e. The van der Waals surface area contributed by atoms with E-state index in [-0.39, 0.29) is 17.1 Å². The van der Waals surface area contributed by atoms with Gasteiger partial charge in [0.05, 0.1) is 0 Å². The minimum atomic E-state index is -0.268. The Morgan fingerprint density at radius 2 is 1.95 bits per heavy atom. The van der Waals surface area contributed by atoms with Gasteiger partial charge in [-0.3, -0.25) is 4.79 Å². The molecule has 2 N–H and O–H groups in total. The van der Waals surface area contributed by atoms with Crippen LogP contribution in [-0.4, -0.2) is 17.2 Å². The maximum atomic E-state index is 11.2. The number of phenols is 1. The number of ether oxygens (including phenoxy) is 1. The molecule has 5 heteroatoms.